The Labute approximate surface area is 79.6 Å². The molecule has 0 unspecified atom stereocenters. The van der Waals surface area contributed by atoms with Crippen LogP contribution in [0.25, 0.3) is 5.65 Å². The van der Waals surface area contributed by atoms with E-state index in [-0.39, 0.29) is 0 Å². The van der Waals surface area contributed by atoms with E-state index in [1.54, 1.807) is 4.40 Å². The predicted molar refractivity (Wildman–Crippen MR) is 49.7 cm³/mol. The number of hydrogen-bond acceptors (Lipinski definition) is 4. The van der Waals surface area contributed by atoms with Gasteiger partial charge in [-0.1, -0.05) is 11.6 Å². The van der Waals surface area contributed by atoms with Gasteiger partial charge in [-0.15, -0.1) is 10.2 Å². The summed E-state index contributed by atoms with van der Waals surface area (Å²) in [5, 5.41) is 7.86. The molecule has 0 fully saturated rings. The zero-order valence-corrected chi connectivity index (χ0v) is 8.00. The monoisotopic (exact) mass is 197 g/mol. The van der Waals surface area contributed by atoms with E-state index in [0.717, 1.165) is 11.4 Å². The normalized spacial score (nSPS) is 11.0. The van der Waals surface area contributed by atoms with E-state index in [1.807, 2.05) is 13.8 Å². The molecule has 5 nitrogen and oxygen atoms in total. The number of hydrogen-bond donors (Lipinski definition) is 1. The zero-order chi connectivity index (χ0) is 9.59. The summed E-state index contributed by atoms with van der Waals surface area (Å²) < 4.78 is 1.69. The van der Waals surface area contributed by atoms with E-state index >= 15 is 0 Å². The van der Waals surface area contributed by atoms with Crippen molar-refractivity contribution in [1.82, 2.24) is 19.6 Å². The highest BCUT2D eigenvalue weighted by Crippen LogP contribution is 2.18. The third-order valence-electron chi connectivity index (χ3n) is 2.00. The minimum absolute atomic E-state index is 0.326. The van der Waals surface area contributed by atoms with E-state index in [1.165, 1.54) is 0 Å². The van der Waals surface area contributed by atoms with E-state index in [9.17, 15) is 0 Å². The minimum atomic E-state index is 0.326. The Morgan fingerprint density at radius 2 is 2.00 bits per heavy atom. The van der Waals surface area contributed by atoms with Gasteiger partial charge in [0.15, 0.2) is 10.8 Å². The summed E-state index contributed by atoms with van der Waals surface area (Å²) in [7, 11) is 0. The van der Waals surface area contributed by atoms with Crippen LogP contribution in [0.1, 0.15) is 11.4 Å². The summed E-state index contributed by atoms with van der Waals surface area (Å²) in [5.41, 5.74) is 7.85. The fraction of sp³-hybridized carbons (Fsp3) is 0.286. The maximum atomic E-state index is 5.86. The first-order chi connectivity index (χ1) is 6.11. The Balaban J connectivity index is 3.00. The molecule has 6 heteroatoms. The van der Waals surface area contributed by atoms with Crippen LogP contribution in [0.2, 0.25) is 5.15 Å². The lowest BCUT2D eigenvalue weighted by Crippen LogP contribution is -2.02. The number of anilines is 1. The molecule has 0 bridgehead atoms. The molecule has 2 rings (SSSR count). The molecule has 2 aromatic rings. The van der Waals surface area contributed by atoms with Crippen LogP contribution >= 0.6 is 11.6 Å². The highest BCUT2D eigenvalue weighted by molar-refractivity contribution is 6.32. The number of halogens is 1. The number of nitrogens with two attached hydrogens (primary N) is 1. The van der Waals surface area contributed by atoms with Crippen LogP contribution in [0.3, 0.4) is 0 Å². The summed E-state index contributed by atoms with van der Waals surface area (Å²) in [6.07, 6.45) is 0. The summed E-state index contributed by atoms with van der Waals surface area (Å²) in [4.78, 5) is 4.10. The molecule has 0 radical (unpaired) electrons. The van der Waals surface area contributed by atoms with Crippen molar-refractivity contribution >= 4 is 23.2 Å². The van der Waals surface area contributed by atoms with Crippen LogP contribution in [0.5, 0.6) is 0 Å². The SMILES string of the molecule is Cc1nc(Cl)c2nnc(N)n2c1C. The highest BCUT2D eigenvalue weighted by Gasteiger charge is 2.11. The quantitative estimate of drug-likeness (QED) is 0.684. The van der Waals surface area contributed by atoms with Crippen LogP contribution < -0.4 is 5.73 Å². The average Bonchev–Trinajstić information content (AvgIpc) is 2.44. The van der Waals surface area contributed by atoms with Gasteiger partial charge in [-0.25, -0.2) is 4.98 Å². The van der Waals surface area contributed by atoms with E-state index in [0.29, 0.717) is 16.7 Å². The first kappa shape index (κ1) is 8.25. The number of aryl methyl sites for hydroxylation is 2. The Morgan fingerprint density at radius 3 is 2.69 bits per heavy atom. The van der Waals surface area contributed by atoms with Gasteiger partial charge in [0.1, 0.15) is 0 Å². The van der Waals surface area contributed by atoms with Crippen LogP contribution in [-0.4, -0.2) is 19.6 Å². The van der Waals surface area contributed by atoms with Crippen molar-refractivity contribution in [2.24, 2.45) is 0 Å². The van der Waals surface area contributed by atoms with Gasteiger partial charge in [0, 0.05) is 5.69 Å². The average molecular weight is 198 g/mol. The zero-order valence-electron chi connectivity index (χ0n) is 7.24. The van der Waals surface area contributed by atoms with Gasteiger partial charge < -0.3 is 5.73 Å². The predicted octanol–water partition coefficient (Wildman–Crippen LogP) is 0.977. The molecule has 0 saturated carbocycles. The fourth-order valence-electron chi connectivity index (χ4n) is 1.20. The Hall–Kier alpha value is -1.36. The van der Waals surface area contributed by atoms with Crippen molar-refractivity contribution in [2.45, 2.75) is 13.8 Å². The molecule has 13 heavy (non-hydrogen) atoms. The van der Waals surface area contributed by atoms with Crippen molar-refractivity contribution in [2.75, 3.05) is 5.73 Å². The lowest BCUT2D eigenvalue weighted by atomic mass is 10.3. The van der Waals surface area contributed by atoms with Gasteiger partial charge in [-0.2, -0.15) is 0 Å². The van der Waals surface area contributed by atoms with Crippen molar-refractivity contribution in [3.05, 3.63) is 16.5 Å². The van der Waals surface area contributed by atoms with Gasteiger partial charge in [0.25, 0.3) is 0 Å². The van der Waals surface area contributed by atoms with Gasteiger partial charge in [-0.3, -0.25) is 4.40 Å². The number of nitrogens with zero attached hydrogens (tertiary/aromatic N) is 4. The summed E-state index contributed by atoms with van der Waals surface area (Å²) in [6.45, 7) is 3.76. The number of nitrogen functional groups attached to an aromatic ring is 1. The minimum Gasteiger partial charge on any atom is -0.368 e. The van der Waals surface area contributed by atoms with Crippen LogP contribution in [0.15, 0.2) is 0 Å². The lowest BCUT2D eigenvalue weighted by molar-refractivity contribution is 1.00. The molecule has 0 amide bonds. The van der Waals surface area contributed by atoms with Crippen molar-refractivity contribution in [3.63, 3.8) is 0 Å². The Morgan fingerprint density at radius 1 is 1.31 bits per heavy atom. The smallest absolute Gasteiger partial charge is 0.226 e. The number of aromatic nitrogens is 4. The van der Waals surface area contributed by atoms with E-state index in [4.69, 9.17) is 17.3 Å². The van der Waals surface area contributed by atoms with Gasteiger partial charge in [0.2, 0.25) is 5.95 Å². The Kier molecular flexibility index (Phi) is 1.63. The van der Waals surface area contributed by atoms with Crippen molar-refractivity contribution < 1.29 is 0 Å². The van der Waals surface area contributed by atoms with Crippen LogP contribution in [-0.2, 0) is 0 Å². The Bertz CT molecular complexity index is 475. The molecular formula is C7H8ClN5. The molecule has 0 aliphatic carbocycles. The molecule has 0 aliphatic rings. The standard InChI is InChI=1S/C7H8ClN5/c1-3-4(2)13-6(5(8)10-3)11-12-7(13)9/h1-2H3,(H2,9,12). The van der Waals surface area contributed by atoms with Crippen LogP contribution in [0, 0.1) is 13.8 Å². The maximum Gasteiger partial charge on any atom is 0.226 e. The topological polar surface area (TPSA) is 69.1 Å². The molecule has 0 aromatic carbocycles. The van der Waals surface area contributed by atoms with Crippen molar-refractivity contribution in [3.8, 4) is 0 Å². The van der Waals surface area contributed by atoms with E-state index < -0.39 is 0 Å². The second kappa shape index (κ2) is 2.56. The van der Waals surface area contributed by atoms with Crippen molar-refractivity contribution in [1.29, 1.82) is 0 Å². The van der Waals surface area contributed by atoms with Crippen LogP contribution in [0.4, 0.5) is 5.95 Å². The first-order valence-electron chi connectivity index (χ1n) is 3.74. The largest absolute Gasteiger partial charge is 0.368 e. The number of rotatable bonds is 0. The third-order valence-corrected chi connectivity index (χ3v) is 2.25. The molecule has 2 heterocycles. The van der Waals surface area contributed by atoms with Gasteiger partial charge in [-0.05, 0) is 13.8 Å². The summed E-state index contributed by atoms with van der Waals surface area (Å²) in [6, 6.07) is 0. The first-order valence-corrected chi connectivity index (χ1v) is 4.12. The molecule has 68 valence electrons. The molecule has 2 aromatic heterocycles. The molecule has 0 aliphatic heterocycles. The number of fused-ring (bicyclic) bond motifs is 1. The fourth-order valence-corrected chi connectivity index (χ4v) is 1.45. The molecule has 0 atom stereocenters. The summed E-state index contributed by atoms with van der Waals surface area (Å²) >= 11 is 5.86. The lowest BCUT2D eigenvalue weighted by Gasteiger charge is -2.04. The second-order valence-electron chi connectivity index (χ2n) is 2.79. The molecule has 2 N–H and O–H groups in total. The molecule has 0 spiro atoms. The molecule has 0 saturated heterocycles. The highest BCUT2D eigenvalue weighted by atomic mass is 35.5. The van der Waals surface area contributed by atoms with Gasteiger partial charge in [0.05, 0.1) is 5.69 Å². The van der Waals surface area contributed by atoms with Gasteiger partial charge >= 0.3 is 0 Å². The third kappa shape index (κ3) is 1.04. The summed E-state index contributed by atoms with van der Waals surface area (Å²) in [5.74, 6) is 0.333. The maximum absolute atomic E-state index is 5.86. The second-order valence-corrected chi connectivity index (χ2v) is 3.15. The molecular weight excluding hydrogens is 190 g/mol. The van der Waals surface area contributed by atoms with E-state index in [2.05, 4.69) is 15.2 Å².